The zero-order chi connectivity index (χ0) is 14.2. The van der Waals surface area contributed by atoms with E-state index in [9.17, 15) is 0 Å². The van der Waals surface area contributed by atoms with E-state index in [0.717, 1.165) is 26.9 Å². The summed E-state index contributed by atoms with van der Waals surface area (Å²) >= 11 is 3.47. The van der Waals surface area contributed by atoms with E-state index >= 15 is 0 Å². The summed E-state index contributed by atoms with van der Waals surface area (Å²) in [5.74, 6) is 1.50. The van der Waals surface area contributed by atoms with Crippen LogP contribution in [0.2, 0.25) is 0 Å². The molecule has 0 saturated heterocycles. The molecule has 0 aliphatic rings. The second kappa shape index (κ2) is 5.29. The Balaban J connectivity index is 2.70. The van der Waals surface area contributed by atoms with Crippen LogP contribution in [-0.2, 0) is 0 Å². The Morgan fingerprint density at radius 3 is 2.21 bits per heavy atom. The van der Waals surface area contributed by atoms with E-state index < -0.39 is 0 Å². The van der Waals surface area contributed by atoms with Crippen molar-refractivity contribution < 1.29 is 0 Å². The van der Waals surface area contributed by atoms with Crippen LogP contribution in [0.3, 0.4) is 0 Å². The topological polar surface area (TPSA) is 51.8 Å². The second-order valence-corrected chi connectivity index (χ2v) is 5.85. The van der Waals surface area contributed by atoms with Crippen LogP contribution in [0.5, 0.6) is 0 Å². The van der Waals surface area contributed by atoms with E-state index in [4.69, 9.17) is 5.73 Å². The van der Waals surface area contributed by atoms with Gasteiger partial charge in [-0.25, -0.2) is 9.97 Å². The van der Waals surface area contributed by atoms with Crippen LogP contribution < -0.4 is 5.73 Å². The third-order valence-corrected chi connectivity index (χ3v) is 3.97. The van der Waals surface area contributed by atoms with Gasteiger partial charge in [0.1, 0.15) is 5.82 Å². The molecule has 0 fully saturated rings. The van der Waals surface area contributed by atoms with Crippen molar-refractivity contribution in [3.63, 3.8) is 0 Å². The Morgan fingerprint density at radius 2 is 1.68 bits per heavy atom. The van der Waals surface area contributed by atoms with Gasteiger partial charge in [-0.3, -0.25) is 0 Å². The van der Waals surface area contributed by atoms with Gasteiger partial charge in [-0.15, -0.1) is 0 Å². The van der Waals surface area contributed by atoms with Crippen molar-refractivity contribution in [1.29, 1.82) is 0 Å². The molecule has 1 heterocycles. The van der Waals surface area contributed by atoms with Crippen molar-refractivity contribution in [2.24, 2.45) is 0 Å². The first kappa shape index (κ1) is 14.0. The fourth-order valence-corrected chi connectivity index (χ4v) is 2.78. The molecule has 0 saturated carbocycles. The number of benzene rings is 1. The standard InChI is InChI=1S/C15H18BrN3/c1-8(2)13-12(16)14(17)19-15(18-13)11-9(3)6-5-7-10(11)4/h5-8H,1-4H3,(H2,17,18,19). The molecule has 2 rings (SSSR count). The zero-order valence-electron chi connectivity index (χ0n) is 11.7. The third kappa shape index (κ3) is 2.63. The SMILES string of the molecule is Cc1cccc(C)c1-c1nc(N)c(Br)c(C(C)C)n1. The number of nitrogens with zero attached hydrogens (tertiary/aromatic N) is 2. The number of nitrogens with two attached hydrogens (primary N) is 1. The minimum atomic E-state index is 0.294. The highest BCUT2D eigenvalue weighted by Gasteiger charge is 2.16. The third-order valence-electron chi connectivity index (χ3n) is 3.15. The minimum absolute atomic E-state index is 0.294. The van der Waals surface area contributed by atoms with Crippen molar-refractivity contribution in [1.82, 2.24) is 9.97 Å². The average Bonchev–Trinajstić information content (AvgIpc) is 2.32. The summed E-state index contributed by atoms with van der Waals surface area (Å²) in [6.07, 6.45) is 0. The molecule has 0 atom stereocenters. The van der Waals surface area contributed by atoms with E-state index in [1.807, 2.05) is 6.07 Å². The van der Waals surface area contributed by atoms with Crippen LogP contribution in [0.15, 0.2) is 22.7 Å². The van der Waals surface area contributed by atoms with Gasteiger partial charge in [0.15, 0.2) is 5.82 Å². The number of aryl methyl sites for hydroxylation is 2. The predicted octanol–water partition coefficient (Wildman–Crippen LogP) is 4.23. The van der Waals surface area contributed by atoms with Gasteiger partial charge in [0.25, 0.3) is 0 Å². The number of halogens is 1. The molecule has 0 bridgehead atoms. The minimum Gasteiger partial charge on any atom is -0.383 e. The first-order valence-corrected chi connectivity index (χ1v) is 7.10. The normalized spacial score (nSPS) is 11.1. The molecule has 0 spiro atoms. The smallest absolute Gasteiger partial charge is 0.162 e. The van der Waals surface area contributed by atoms with Gasteiger partial charge < -0.3 is 5.73 Å². The second-order valence-electron chi connectivity index (χ2n) is 5.05. The van der Waals surface area contributed by atoms with Crippen LogP contribution in [-0.4, -0.2) is 9.97 Å². The molecule has 2 N–H and O–H groups in total. The summed E-state index contributed by atoms with van der Waals surface area (Å²) in [4.78, 5) is 9.11. The largest absolute Gasteiger partial charge is 0.383 e. The van der Waals surface area contributed by atoms with Crippen molar-refractivity contribution in [2.45, 2.75) is 33.6 Å². The van der Waals surface area contributed by atoms with Gasteiger partial charge in [-0.2, -0.15) is 0 Å². The molecule has 0 aliphatic heterocycles. The molecule has 2 aromatic rings. The summed E-state index contributed by atoms with van der Waals surface area (Å²) in [7, 11) is 0. The Kier molecular flexibility index (Phi) is 3.90. The highest BCUT2D eigenvalue weighted by Crippen LogP contribution is 2.31. The zero-order valence-corrected chi connectivity index (χ0v) is 13.2. The van der Waals surface area contributed by atoms with Crippen LogP contribution in [0.1, 0.15) is 36.6 Å². The summed E-state index contributed by atoms with van der Waals surface area (Å²) in [5, 5.41) is 0. The number of anilines is 1. The Morgan fingerprint density at radius 1 is 1.11 bits per heavy atom. The average molecular weight is 320 g/mol. The number of rotatable bonds is 2. The Hall–Kier alpha value is -1.42. The number of hydrogen-bond donors (Lipinski definition) is 1. The molecular weight excluding hydrogens is 302 g/mol. The molecule has 100 valence electrons. The molecule has 3 nitrogen and oxygen atoms in total. The first-order valence-electron chi connectivity index (χ1n) is 6.31. The van der Waals surface area contributed by atoms with E-state index in [1.54, 1.807) is 0 Å². The number of hydrogen-bond acceptors (Lipinski definition) is 3. The first-order chi connectivity index (χ1) is 8.91. The molecule has 1 aromatic heterocycles. The van der Waals surface area contributed by atoms with Crippen molar-refractivity contribution >= 4 is 21.7 Å². The van der Waals surface area contributed by atoms with Crippen molar-refractivity contribution in [3.8, 4) is 11.4 Å². The lowest BCUT2D eigenvalue weighted by atomic mass is 10.0. The lowest BCUT2D eigenvalue weighted by molar-refractivity contribution is 0.810. The maximum absolute atomic E-state index is 6.00. The van der Waals surface area contributed by atoms with Gasteiger partial charge in [-0.05, 0) is 46.8 Å². The molecule has 4 heteroatoms. The lowest BCUT2D eigenvalue weighted by Crippen LogP contribution is -2.05. The lowest BCUT2D eigenvalue weighted by Gasteiger charge is -2.14. The summed E-state index contributed by atoms with van der Waals surface area (Å²) < 4.78 is 0.803. The van der Waals surface area contributed by atoms with Crippen LogP contribution in [0, 0.1) is 13.8 Å². The maximum atomic E-state index is 6.00. The molecule has 0 amide bonds. The number of nitrogen functional groups attached to an aromatic ring is 1. The summed E-state index contributed by atoms with van der Waals surface area (Å²) in [5.41, 5.74) is 10.3. The quantitative estimate of drug-likeness (QED) is 0.901. The highest BCUT2D eigenvalue weighted by molar-refractivity contribution is 9.10. The van der Waals surface area contributed by atoms with Gasteiger partial charge in [0, 0.05) is 5.56 Å². The molecule has 19 heavy (non-hydrogen) atoms. The maximum Gasteiger partial charge on any atom is 0.162 e. The molecular formula is C15H18BrN3. The molecule has 1 aromatic carbocycles. The molecule has 0 radical (unpaired) electrons. The monoisotopic (exact) mass is 319 g/mol. The van der Waals surface area contributed by atoms with Gasteiger partial charge in [-0.1, -0.05) is 32.0 Å². The van der Waals surface area contributed by atoms with Crippen molar-refractivity contribution in [2.75, 3.05) is 5.73 Å². The highest BCUT2D eigenvalue weighted by atomic mass is 79.9. The van der Waals surface area contributed by atoms with Crippen LogP contribution >= 0.6 is 15.9 Å². The summed E-state index contributed by atoms with van der Waals surface area (Å²) in [6, 6.07) is 6.18. The van der Waals surface area contributed by atoms with E-state index in [1.165, 1.54) is 0 Å². The fourth-order valence-electron chi connectivity index (χ4n) is 2.14. The van der Waals surface area contributed by atoms with Crippen LogP contribution in [0.4, 0.5) is 5.82 Å². The van der Waals surface area contributed by atoms with Gasteiger partial charge in [0.05, 0.1) is 10.2 Å². The predicted molar refractivity (Wildman–Crippen MR) is 83.1 cm³/mol. The fraction of sp³-hybridized carbons (Fsp3) is 0.333. The molecule has 0 unspecified atom stereocenters. The summed E-state index contributed by atoms with van der Waals surface area (Å²) in [6.45, 7) is 8.33. The van der Waals surface area contributed by atoms with Gasteiger partial charge in [0.2, 0.25) is 0 Å². The Labute approximate surface area is 122 Å². The van der Waals surface area contributed by atoms with Crippen LogP contribution in [0.25, 0.3) is 11.4 Å². The van der Waals surface area contributed by atoms with E-state index in [-0.39, 0.29) is 0 Å². The molecule has 0 aliphatic carbocycles. The Bertz CT molecular complexity index is 601. The number of aromatic nitrogens is 2. The van der Waals surface area contributed by atoms with E-state index in [2.05, 4.69) is 65.7 Å². The van der Waals surface area contributed by atoms with Crippen molar-refractivity contribution in [3.05, 3.63) is 39.5 Å². The van der Waals surface area contributed by atoms with E-state index in [0.29, 0.717) is 17.6 Å². The van der Waals surface area contributed by atoms with Gasteiger partial charge >= 0.3 is 0 Å².